The molecular formula is C10H20N2O4S2. The molecular weight excluding hydrogens is 276 g/mol. The average Bonchev–Trinajstić information content (AvgIpc) is 2.35. The van der Waals surface area contributed by atoms with Crippen LogP contribution >= 0.6 is 11.8 Å². The maximum absolute atomic E-state index is 12.0. The molecule has 0 aromatic heterocycles. The van der Waals surface area contributed by atoms with E-state index in [1.807, 2.05) is 6.26 Å². The number of aliphatic carboxylic acids is 1. The van der Waals surface area contributed by atoms with E-state index in [0.717, 1.165) is 19.3 Å². The van der Waals surface area contributed by atoms with E-state index in [1.54, 1.807) is 0 Å². The molecule has 1 unspecified atom stereocenters. The minimum absolute atomic E-state index is 0.295. The Morgan fingerprint density at radius 3 is 2.50 bits per heavy atom. The number of piperidine rings is 1. The van der Waals surface area contributed by atoms with Crippen LogP contribution in [0.25, 0.3) is 0 Å². The van der Waals surface area contributed by atoms with Gasteiger partial charge in [0, 0.05) is 13.1 Å². The van der Waals surface area contributed by atoms with Crippen LogP contribution in [0.3, 0.4) is 0 Å². The predicted octanol–water partition coefficient (Wildman–Crippen LogP) is 0.513. The second-order valence-electron chi connectivity index (χ2n) is 4.25. The summed E-state index contributed by atoms with van der Waals surface area (Å²) in [6, 6.07) is -1.04. The van der Waals surface area contributed by atoms with Gasteiger partial charge >= 0.3 is 5.97 Å². The molecule has 0 aromatic rings. The summed E-state index contributed by atoms with van der Waals surface area (Å²) in [5, 5.41) is 9.01. The fourth-order valence-electron chi connectivity index (χ4n) is 1.83. The van der Waals surface area contributed by atoms with Gasteiger partial charge in [0.15, 0.2) is 0 Å². The Balaban J connectivity index is 2.62. The van der Waals surface area contributed by atoms with Crippen LogP contribution in [0.1, 0.15) is 25.7 Å². The quantitative estimate of drug-likeness (QED) is 0.715. The lowest BCUT2D eigenvalue weighted by atomic mass is 10.2. The monoisotopic (exact) mass is 296 g/mol. The predicted molar refractivity (Wildman–Crippen MR) is 71.9 cm³/mol. The number of thioether (sulfide) groups is 1. The largest absolute Gasteiger partial charge is 0.480 e. The van der Waals surface area contributed by atoms with Crippen molar-refractivity contribution in [2.75, 3.05) is 25.1 Å². The number of carbonyl (C=O) groups is 1. The third-order valence-corrected chi connectivity index (χ3v) is 5.13. The minimum Gasteiger partial charge on any atom is -0.480 e. The van der Waals surface area contributed by atoms with E-state index in [1.165, 1.54) is 16.1 Å². The average molecular weight is 296 g/mol. The van der Waals surface area contributed by atoms with Crippen LogP contribution in [0.2, 0.25) is 0 Å². The summed E-state index contributed by atoms with van der Waals surface area (Å²) in [5.41, 5.74) is 0. The molecule has 8 heteroatoms. The molecule has 1 rings (SSSR count). The minimum atomic E-state index is -3.66. The van der Waals surface area contributed by atoms with E-state index in [0.29, 0.717) is 25.3 Å². The summed E-state index contributed by atoms with van der Waals surface area (Å²) < 4.78 is 27.6. The van der Waals surface area contributed by atoms with Crippen LogP contribution in [0.4, 0.5) is 0 Å². The molecule has 1 atom stereocenters. The van der Waals surface area contributed by atoms with Crippen molar-refractivity contribution in [1.29, 1.82) is 0 Å². The maximum Gasteiger partial charge on any atom is 0.321 e. The summed E-state index contributed by atoms with van der Waals surface area (Å²) in [7, 11) is -3.66. The van der Waals surface area contributed by atoms with Crippen LogP contribution < -0.4 is 4.72 Å². The summed E-state index contributed by atoms with van der Waals surface area (Å²) in [6.45, 7) is 0.953. The van der Waals surface area contributed by atoms with Crippen molar-refractivity contribution in [3.05, 3.63) is 0 Å². The van der Waals surface area contributed by atoms with Gasteiger partial charge in [0.2, 0.25) is 0 Å². The molecule has 1 saturated heterocycles. The highest BCUT2D eigenvalue weighted by molar-refractivity contribution is 7.98. The number of rotatable bonds is 7. The van der Waals surface area contributed by atoms with E-state index in [2.05, 4.69) is 4.72 Å². The maximum atomic E-state index is 12.0. The highest BCUT2D eigenvalue weighted by Crippen LogP contribution is 2.13. The second-order valence-corrected chi connectivity index (χ2v) is 6.94. The first-order valence-corrected chi connectivity index (χ1v) is 8.80. The standard InChI is InChI=1S/C10H20N2O4S2/c1-17-8-5-9(10(13)14)11-18(15,16)12-6-3-2-4-7-12/h9,11H,2-8H2,1H3,(H,13,14). The van der Waals surface area contributed by atoms with Gasteiger partial charge in [-0.1, -0.05) is 6.42 Å². The molecule has 18 heavy (non-hydrogen) atoms. The van der Waals surface area contributed by atoms with Gasteiger partial charge in [0.1, 0.15) is 6.04 Å². The van der Waals surface area contributed by atoms with Crippen molar-refractivity contribution in [3.8, 4) is 0 Å². The lowest BCUT2D eigenvalue weighted by Gasteiger charge is -2.27. The van der Waals surface area contributed by atoms with Crippen LogP contribution in [0, 0.1) is 0 Å². The first kappa shape index (κ1) is 15.7. The molecule has 1 aliphatic rings. The third kappa shape index (κ3) is 4.75. The topological polar surface area (TPSA) is 86.7 Å². The van der Waals surface area contributed by atoms with Crippen molar-refractivity contribution in [3.63, 3.8) is 0 Å². The van der Waals surface area contributed by atoms with Gasteiger partial charge in [-0.15, -0.1) is 0 Å². The first-order chi connectivity index (χ1) is 8.47. The van der Waals surface area contributed by atoms with Crippen molar-refractivity contribution < 1.29 is 18.3 Å². The molecule has 106 valence electrons. The highest BCUT2D eigenvalue weighted by Gasteiger charge is 2.29. The fraction of sp³-hybridized carbons (Fsp3) is 0.900. The number of nitrogens with zero attached hydrogens (tertiary/aromatic N) is 1. The summed E-state index contributed by atoms with van der Waals surface area (Å²) in [6.07, 6.45) is 4.86. The molecule has 1 fully saturated rings. The molecule has 0 aromatic carbocycles. The number of nitrogens with one attached hydrogen (secondary N) is 1. The smallest absolute Gasteiger partial charge is 0.321 e. The van der Waals surface area contributed by atoms with E-state index in [9.17, 15) is 13.2 Å². The third-order valence-electron chi connectivity index (χ3n) is 2.85. The number of carboxylic acid groups (broad SMARTS) is 1. The lowest BCUT2D eigenvalue weighted by molar-refractivity contribution is -0.139. The van der Waals surface area contributed by atoms with Gasteiger partial charge in [0.05, 0.1) is 0 Å². The number of carboxylic acids is 1. The lowest BCUT2D eigenvalue weighted by Crippen LogP contribution is -2.49. The first-order valence-electron chi connectivity index (χ1n) is 5.96. The summed E-state index contributed by atoms with van der Waals surface area (Å²) in [5.74, 6) is -0.510. The van der Waals surface area contributed by atoms with Crippen LogP contribution in [-0.2, 0) is 15.0 Å². The van der Waals surface area contributed by atoms with Crippen molar-refractivity contribution >= 4 is 27.9 Å². The molecule has 1 heterocycles. The van der Waals surface area contributed by atoms with Crippen LogP contribution in [-0.4, -0.2) is 54.9 Å². The van der Waals surface area contributed by atoms with Gasteiger partial charge in [0.25, 0.3) is 10.2 Å². The molecule has 6 nitrogen and oxygen atoms in total. The fourth-order valence-corrected chi connectivity index (χ4v) is 3.77. The molecule has 0 aliphatic carbocycles. The zero-order valence-electron chi connectivity index (χ0n) is 10.5. The summed E-state index contributed by atoms with van der Waals surface area (Å²) in [4.78, 5) is 11.0. The van der Waals surface area contributed by atoms with E-state index >= 15 is 0 Å². The van der Waals surface area contributed by atoms with E-state index < -0.39 is 22.2 Å². The number of hydrogen-bond donors (Lipinski definition) is 2. The van der Waals surface area contributed by atoms with E-state index in [4.69, 9.17) is 5.11 Å². The zero-order valence-corrected chi connectivity index (χ0v) is 12.1. The second kappa shape index (κ2) is 7.32. The molecule has 1 aliphatic heterocycles. The molecule has 0 bridgehead atoms. The molecule has 0 radical (unpaired) electrons. The van der Waals surface area contributed by atoms with Gasteiger partial charge in [-0.3, -0.25) is 4.79 Å². The van der Waals surface area contributed by atoms with Crippen molar-refractivity contribution in [2.45, 2.75) is 31.7 Å². The molecule has 0 amide bonds. The van der Waals surface area contributed by atoms with Gasteiger partial charge in [-0.2, -0.15) is 29.2 Å². The van der Waals surface area contributed by atoms with Crippen molar-refractivity contribution in [1.82, 2.24) is 9.03 Å². The zero-order chi connectivity index (χ0) is 13.6. The van der Waals surface area contributed by atoms with Crippen LogP contribution in [0.15, 0.2) is 0 Å². The molecule has 0 spiro atoms. The molecule has 0 saturated carbocycles. The van der Waals surface area contributed by atoms with Gasteiger partial charge < -0.3 is 5.11 Å². The van der Waals surface area contributed by atoms with Crippen molar-refractivity contribution in [2.24, 2.45) is 0 Å². The Bertz CT molecular complexity index is 366. The van der Waals surface area contributed by atoms with Gasteiger partial charge in [-0.05, 0) is 31.3 Å². The highest BCUT2D eigenvalue weighted by atomic mass is 32.2. The van der Waals surface area contributed by atoms with E-state index in [-0.39, 0.29) is 0 Å². The Kier molecular flexibility index (Phi) is 6.40. The Morgan fingerprint density at radius 2 is 2.00 bits per heavy atom. The Hall–Kier alpha value is -0.310. The Labute approximate surface area is 112 Å². The Morgan fingerprint density at radius 1 is 1.39 bits per heavy atom. The van der Waals surface area contributed by atoms with Gasteiger partial charge in [-0.25, -0.2) is 0 Å². The SMILES string of the molecule is CSCCC(NS(=O)(=O)N1CCCCC1)C(=O)O. The van der Waals surface area contributed by atoms with Crippen LogP contribution in [0.5, 0.6) is 0 Å². The molecule has 2 N–H and O–H groups in total. The number of hydrogen-bond acceptors (Lipinski definition) is 4. The normalized spacial score (nSPS) is 19.6. The summed E-state index contributed by atoms with van der Waals surface area (Å²) >= 11 is 1.50.